The molecule has 0 radical (unpaired) electrons. The summed E-state index contributed by atoms with van der Waals surface area (Å²) in [5.41, 5.74) is 0.746. The molecule has 2 rings (SSSR count). The number of para-hydroxylation sites is 1. The molecule has 0 unspecified atom stereocenters. The number of hydrogen-bond donors (Lipinski definition) is 0. The van der Waals surface area contributed by atoms with Crippen LogP contribution in [0.25, 0.3) is 0 Å². The Hall–Kier alpha value is -1.73. The third kappa shape index (κ3) is 3.20. The summed E-state index contributed by atoms with van der Waals surface area (Å²) in [6.45, 7) is 5.60. The van der Waals surface area contributed by atoms with Crippen molar-refractivity contribution in [2.24, 2.45) is 0 Å². The van der Waals surface area contributed by atoms with Crippen LogP contribution in [0.1, 0.15) is 29.3 Å². The molecule has 0 aliphatic rings. The highest BCUT2D eigenvalue weighted by Gasteiger charge is 2.25. The first-order valence-electron chi connectivity index (χ1n) is 6.96. The Morgan fingerprint density at radius 3 is 2.50 bits per heavy atom. The standard InChI is InChI=1S/C15H18N2O3S2/c1-4-17(15(18)12-10-21-11(3)16-12)13-8-6-7-9-14(13)22(19,20)5-2/h6-10H,4-5H2,1-3H3. The Labute approximate surface area is 134 Å². The van der Waals surface area contributed by atoms with Gasteiger partial charge in [0.1, 0.15) is 5.69 Å². The van der Waals surface area contributed by atoms with E-state index in [1.807, 2.05) is 13.8 Å². The maximum atomic E-state index is 12.6. The summed E-state index contributed by atoms with van der Waals surface area (Å²) in [5, 5.41) is 2.49. The average Bonchev–Trinajstić information content (AvgIpc) is 2.95. The van der Waals surface area contributed by atoms with E-state index < -0.39 is 9.84 Å². The number of hydrogen-bond acceptors (Lipinski definition) is 5. The zero-order valence-electron chi connectivity index (χ0n) is 12.7. The summed E-state index contributed by atoms with van der Waals surface area (Å²) in [5.74, 6) is -0.295. The zero-order chi connectivity index (χ0) is 16.3. The lowest BCUT2D eigenvalue weighted by atomic mass is 10.2. The first kappa shape index (κ1) is 16.6. The van der Waals surface area contributed by atoms with Crippen LogP contribution in [0.15, 0.2) is 34.5 Å². The molecule has 22 heavy (non-hydrogen) atoms. The zero-order valence-corrected chi connectivity index (χ0v) is 14.4. The molecule has 0 aliphatic heterocycles. The molecule has 1 heterocycles. The summed E-state index contributed by atoms with van der Waals surface area (Å²) in [6, 6.07) is 6.59. The van der Waals surface area contributed by atoms with E-state index in [0.717, 1.165) is 5.01 Å². The van der Waals surface area contributed by atoms with Gasteiger partial charge in [-0.05, 0) is 26.0 Å². The largest absolute Gasteiger partial charge is 0.306 e. The van der Waals surface area contributed by atoms with Crippen LogP contribution in [0, 0.1) is 6.92 Å². The summed E-state index contributed by atoms with van der Waals surface area (Å²) >= 11 is 1.39. The van der Waals surface area contributed by atoms with Crippen LogP contribution in [-0.4, -0.2) is 31.6 Å². The van der Waals surface area contributed by atoms with Crippen molar-refractivity contribution in [2.45, 2.75) is 25.7 Å². The molecule has 1 amide bonds. The molecule has 0 N–H and O–H groups in total. The van der Waals surface area contributed by atoms with E-state index in [0.29, 0.717) is 17.9 Å². The van der Waals surface area contributed by atoms with Gasteiger partial charge in [0.15, 0.2) is 9.84 Å². The van der Waals surface area contributed by atoms with Crippen LogP contribution >= 0.6 is 11.3 Å². The van der Waals surface area contributed by atoms with Crippen LogP contribution in [0.3, 0.4) is 0 Å². The van der Waals surface area contributed by atoms with Crippen LogP contribution in [-0.2, 0) is 9.84 Å². The van der Waals surface area contributed by atoms with Crippen molar-refractivity contribution in [1.82, 2.24) is 4.98 Å². The second kappa shape index (κ2) is 6.58. The fraction of sp³-hybridized carbons (Fsp3) is 0.333. The third-order valence-electron chi connectivity index (χ3n) is 3.27. The van der Waals surface area contributed by atoms with Crippen molar-refractivity contribution < 1.29 is 13.2 Å². The van der Waals surface area contributed by atoms with Crippen LogP contribution in [0.2, 0.25) is 0 Å². The second-order valence-electron chi connectivity index (χ2n) is 4.67. The molecular formula is C15H18N2O3S2. The number of anilines is 1. The normalized spacial score (nSPS) is 11.4. The van der Waals surface area contributed by atoms with E-state index in [1.54, 1.807) is 30.5 Å². The summed E-state index contributed by atoms with van der Waals surface area (Å²) in [7, 11) is -3.41. The fourth-order valence-corrected chi connectivity index (χ4v) is 3.80. The Balaban J connectivity index is 2.51. The van der Waals surface area contributed by atoms with Crippen molar-refractivity contribution in [3.8, 4) is 0 Å². The molecule has 7 heteroatoms. The van der Waals surface area contributed by atoms with Crippen molar-refractivity contribution in [2.75, 3.05) is 17.2 Å². The van der Waals surface area contributed by atoms with Gasteiger partial charge in [0.25, 0.3) is 5.91 Å². The smallest absolute Gasteiger partial charge is 0.277 e. The molecule has 118 valence electrons. The van der Waals surface area contributed by atoms with E-state index in [1.165, 1.54) is 22.3 Å². The first-order chi connectivity index (χ1) is 10.4. The molecule has 0 fully saturated rings. The van der Waals surface area contributed by atoms with Gasteiger partial charge in [-0.1, -0.05) is 19.1 Å². The van der Waals surface area contributed by atoms with Gasteiger partial charge in [-0.25, -0.2) is 13.4 Å². The monoisotopic (exact) mass is 338 g/mol. The van der Waals surface area contributed by atoms with E-state index in [-0.39, 0.29) is 16.6 Å². The highest BCUT2D eigenvalue weighted by molar-refractivity contribution is 7.91. The van der Waals surface area contributed by atoms with Gasteiger partial charge in [0.2, 0.25) is 0 Å². The number of aromatic nitrogens is 1. The topological polar surface area (TPSA) is 67.3 Å². The predicted octanol–water partition coefficient (Wildman–Crippen LogP) is 2.91. The maximum Gasteiger partial charge on any atom is 0.277 e. The molecule has 1 aromatic carbocycles. The number of nitrogens with zero attached hydrogens (tertiary/aromatic N) is 2. The number of carbonyl (C=O) groups excluding carboxylic acids is 1. The minimum absolute atomic E-state index is 0.00837. The van der Waals surface area contributed by atoms with Gasteiger partial charge in [-0.15, -0.1) is 11.3 Å². The molecule has 0 saturated heterocycles. The first-order valence-corrected chi connectivity index (χ1v) is 9.49. The molecule has 5 nitrogen and oxygen atoms in total. The molecule has 1 aromatic heterocycles. The Kier molecular flexibility index (Phi) is 4.97. The average molecular weight is 338 g/mol. The molecule has 2 aromatic rings. The third-order valence-corrected chi connectivity index (χ3v) is 5.82. The summed E-state index contributed by atoms with van der Waals surface area (Å²) in [6.07, 6.45) is 0. The molecule has 0 spiro atoms. The fourth-order valence-electron chi connectivity index (χ4n) is 2.12. The lowest BCUT2D eigenvalue weighted by molar-refractivity contribution is 0.0983. The second-order valence-corrected chi connectivity index (χ2v) is 7.98. The molecule has 0 atom stereocenters. The Morgan fingerprint density at radius 2 is 1.95 bits per heavy atom. The molecule has 0 aliphatic carbocycles. The number of benzene rings is 1. The molecular weight excluding hydrogens is 320 g/mol. The molecule has 0 saturated carbocycles. The van der Waals surface area contributed by atoms with Gasteiger partial charge < -0.3 is 4.90 Å². The van der Waals surface area contributed by atoms with Gasteiger partial charge in [-0.3, -0.25) is 4.79 Å². The lowest BCUT2D eigenvalue weighted by Crippen LogP contribution is -2.32. The lowest BCUT2D eigenvalue weighted by Gasteiger charge is -2.22. The van der Waals surface area contributed by atoms with Crippen molar-refractivity contribution in [1.29, 1.82) is 0 Å². The van der Waals surface area contributed by atoms with Gasteiger partial charge in [-0.2, -0.15) is 0 Å². The summed E-state index contributed by atoms with van der Waals surface area (Å²) < 4.78 is 24.5. The molecule has 0 bridgehead atoms. The van der Waals surface area contributed by atoms with Crippen molar-refractivity contribution >= 4 is 32.8 Å². The minimum atomic E-state index is -3.41. The van der Waals surface area contributed by atoms with Gasteiger partial charge >= 0.3 is 0 Å². The Bertz CT molecular complexity index is 782. The number of carbonyl (C=O) groups is 1. The number of sulfone groups is 1. The van der Waals surface area contributed by atoms with E-state index in [4.69, 9.17) is 0 Å². The van der Waals surface area contributed by atoms with Crippen molar-refractivity contribution in [3.63, 3.8) is 0 Å². The maximum absolute atomic E-state index is 12.6. The number of amides is 1. The van der Waals surface area contributed by atoms with E-state index in [9.17, 15) is 13.2 Å². The minimum Gasteiger partial charge on any atom is -0.306 e. The number of aryl methyl sites for hydroxylation is 1. The van der Waals surface area contributed by atoms with E-state index in [2.05, 4.69) is 4.98 Å². The van der Waals surface area contributed by atoms with Gasteiger partial charge in [0, 0.05) is 11.9 Å². The van der Waals surface area contributed by atoms with Crippen molar-refractivity contribution in [3.05, 3.63) is 40.3 Å². The van der Waals surface area contributed by atoms with Gasteiger partial charge in [0.05, 0.1) is 21.3 Å². The summed E-state index contributed by atoms with van der Waals surface area (Å²) in [4.78, 5) is 18.5. The number of rotatable bonds is 5. The predicted molar refractivity (Wildman–Crippen MR) is 88.4 cm³/mol. The number of thiazole rings is 1. The Morgan fingerprint density at radius 1 is 1.27 bits per heavy atom. The quantitative estimate of drug-likeness (QED) is 0.841. The highest BCUT2D eigenvalue weighted by Crippen LogP contribution is 2.27. The SMILES string of the molecule is CCN(C(=O)c1csc(C)n1)c1ccccc1S(=O)(=O)CC. The van der Waals surface area contributed by atoms with Crippen LogP contribution in [0.5, 0.6) is 0 Å². The highest BCUT2D eigenvalue weighted by atomic mass is 32.2. The van der Waals surface area contributed by atoms with Crippen LogP contribution in [0.4, 0.5) is 5.69 Å². The van der Waals surface area contributed by atoms with Crippen LogP contribution < -0.4 is 4.90 Å². The van der Waals surface area contributed by atoms with E-state index >= 15 is 0 Å².